The second-order valence-electron chi connectivity index (χ2n) is 2.75. The molecule has 1 aromatic carbocycles. The van der Waals surface area contributed by atoms with E-state index in [0.717, 1.165) is 10.2 Å². The first-order valence-electron chi connectivity index (χ1n) is 4.24. The number of alkyl halides is 1. The van der Waals surface area contributed by atoms with Gasteiger partial charge in [-0.1, -0.05) is 51.3 Å². The quantitative estimate of drug-likeness (QED) is 0.608. The minimum Gasteiger partial charge on any atom is -0.379 e. The van der Waals surface area contributed by atoms with E-state index in [2.05, 4.69) is 21.2 Å². The topological polar surface area (TPSA) is 12.0 Å². The van der Waals surface area contributed by atoms with Crippen LogP contribution in [0, 0.1) is 0 Å². The lowest BCUT2D eigenvalue weighted by Gasteiger charge is -2.08. The number of hydrogen-bond donors (Lipinski definition) is 1. The third kappa shape index (κ3) is 4.23. The summed E-state index contributed by atoms with van der Waals surface area (Å²) in [7, 11) is 0. The molecule has 5 heteroatoms. The first kappa shape index (κ1) is 13.2. The lowest BCUT2D eigenvalue weighted by molar-refractivity contribution is 1.32. The van der Waals surface area contributed by atoms with Gasteiger partial charge in [0.05, 0.1) is 15.7 Å². The highest BCUT2D eigenvalue weighted by Gasteiger charge is 2.05. The smallest absolute Gasteiger partial charge is 0.0722 e. The number of nitrogens with one attached hydrogen (secondary N) is 1. The first-order chi connectivity index (χ1) is 7.15. The number of rotatable bonds is 4. The number of anilines is 1. The van der Waals surface area contributed by atoms with Crippen LogP contribution >= 0.6 is 50.7 Å². The van der Waals surface area contributed by atoms with Crippen molar-refractivity contribution in [3.63, 3.8) is 0 Å². The highest BCUT2D eigenvalue weighted by atomic mass is 79.9. The van der Waals surface area contributed by atoms with Gasteiger partial charge in [-0.3, -0.25) is 0 Å². The lowest BCUT2D eigenvalue weighted by atomic mass is 10.3. The lowest BCUT2D eigenvalue weighted by Crippen LogP contribution is -1.99. The number of allylic oxidation sites excluding steroid dienone is 1. The van der Waals surface area contributed by atoms with Crippen LogP contribution in [0.4, 0.5) is 5.69 Å². The standard InChI is InChI=1S/C10H9BrCl3N/c11-7-5-8(13)10(9(14)6-7)15-4-2-1-3-12/h1-2,5-6,15H,3-4H2/b2-1+. The fraction of sp³-hybridized carbons (Fsp3) is 0.200. The Morgan fingerprint density at radius 2 is 1.80 bits per heavy atom. The summed E-state index contributed by atoms with van der Waals surface area (Å²) in [6, 6.07) is 3.59. The van der Waals surface area contributed by atoms with Crippen molar-refractivity contribution in [3.8, 4) is 0 Å². The Morgan fingerprint density at radius 1 is 1.20 bits per heavy atom. The van der Waals surface area contributed by atoms with Gasteiger partial charge in [0.2, 0.25) is 0 Å². The third-order valence-electron chi connectivity index (χ3n) is 1.66. The Morgan fingerprint density at radius 3 is 2.33 bits per heavy atom. The summed E-state index contributed by atoms with van der Waals surface area (Å²) in [6.45, 7) is 0.647. The van der Waals surface area contributed by atoms with Crippen LogP contribution in [-0.2, 0) is 0 Å². The van der Waals surface area contributed by atoms with Crippen molar-refractivity contribution in [2.24, 2.45) is 0 Å². The maximum atomic E-state index is 6.02. The van der Waals surface area contributed by atoms with E-state index in [1.807, 2.05) is 12.2 Å². The Hall–Kier alpha value is 0.110. The zero-order valence-electron chi connectivity index (χ0n) is 7.74. The van der Waals surface area contributed by atoms with Gasteiger partial charge in [-0.2, -0.15) is 0 Å². The van der Waals surface area contributed by atoms with E-state index in [4.69, 9.17) is 34.8 Å². The molecule has 0 radical (unpaired) electrons. The molecule has 0 spiro atoms. The maximum absolute atomic E-state index is 6.02. The van der Waals surface area contributed by atoms with Crippen molar-refractivity contribution in [1.82, 2.24) is 0 Å². The molecule has 1 nitrogen and oxygen atoms in total. The van der Waals surface area contributed by atoms with Crippen molar-refractivity contribution < 1.29 is 0 Å². The fourth-order valence-electron chi connectivity index (χ4n) is 1.02. The van der Waals surface area contributed by atoms with E-state index in [0.29, 0.717) is 22.5 Å². The van der Waals surface area contributed by atoms with Gasteiger partial charge < -0.3 is 5.32 Å². The molecule has 15 heavy (non-hydrogen) atoms. The van der Waals surface area contributed by atoms with E-state index < -0.39 is 0 Å². The molecule has 0 aliphatic carbocycles. The molecule has 1 N–H and O–H groups in total. The van der Waals surface area contributed by atoms with E-state index in [1.54, 1.807) is 12.1 Å². The van der Waals surface area contributed by atoms with Crippen LogP contribution in [0.25, 0.3) is 0 Å². The van der Waals surface area contributed by atoms with Crippen molar-refractivity contribution in [2.45, 2.75) is 0 Å². The Kier molecular flexibility index (Phi) is 5.83. The largest absolute Gasteiger partial charge is 0.379 e. The second kappa shape index (κ2) is 6.64. The summed E-state index contributed by atoms with van der Waals surface area (Å²) >= 11 is 20.8. The van der Waals surface area contributed by atoms with E-state index in [1.165, 1.54) is 0 Å². The van der Waals surface area contributed by atoms with Crippen LogP contribution in [0.5, 0.6) is 0 Å². The van der Waals surface area contributed by atoms with Gasteiger partial charge in [0.25, 0.3) is 0 Å². The van der Waals surface area contributed by atoms with Crippen LogP contribution < -0.4 is 5.32 Å². The molecule has 82 valence electrons. The normalized spacial score (nSPS) is 10.9. The SMILES string of the molecule is ClC/C=C/CNc1c(Cl)cc(Br)cc1Cl. The molecule has 0 bridgehead atoms. The summed E-state index contributed by atoms with van der Waals surface area (Å²) in [5.74, 6) is 0.503. The zero-order chi connectivity index (χ0) is 11.3. The molecule has 0 saturated carbocycles. The molecule has 1 rings (SSSR count). The molecule has 0 aliphatic heterocycles. The zero-order valence-corrected chi connectivity index (χ0v) is 11.6. The third-order valence-corrected chi connectivity index (χ3v) is 2.89. The van der Waals surface area contributed by atoms with E-state index in [9.17, 15) is 0 Å². The summed E-state index contributed by atoms with van der Waals surface area (Å²) in [5.41, 5.74) is 0.737. The summed E-state index contributed by atoms with van der Waals surface area (Å²) in [4.78, 5) is 0. The van der Waals surface area contributed by atoms with Crippen LogP contribution in [0.15, 0.2) is 28.8 Å². The minimum absolute atomic E-state index is 0.503. The highest BCUT2D eigenvalue weighted by Crippen LogP contribution is 2.33. The van der Waals surface area contributed by atoms with Crippen molar-refractivity contribution in [1.29, 1.82) is 0 Å². The predicted octanol–water partition coefficient (Wildman–Crippen LogP) is 4.96. The molecule has 0 aliphatic rings. The molecule has 0 atom stereocenters. The van der Waals surface area contributed by atoms with Crippen LogP contribution in [0.2, 0.25) is 10.0 Å². The summed E-state index contributed by atoms with van der Waals surface area (Å²) < 4.78 is 0.861. The molecule has 0 unspecified atom stereocenters. The van der Waals surface area contributed by atoms with Gasteiger partial charge in [-0.25, -0.2) is 0 Å². The molecular weight excluding hydrogens is 320 g/mol. The average molecular weight is 329 g/mol. The Labute approximate surface area is 113 Å². The summed E-state index contributed by atoms with van der Waals surface area (Å²) in [5, 5.41) is 4.30. The second-order valence-corrected chi connectivity index (χ2v) is 4.79. The van der Waals surface area contributed by atoms with Gasteiger partial charge in [-0.15, -0.1) is 11.6 Å². The molecule has 0 aromatic heterocycles. The Balaban J connectivity index is 2.72. The maximum Gasteiger partial charge on any atom is 0.0722 e. The number of hydrogen-bond acceptors (Lipinski definition) is 1. The van der Waals surface area contributed by atoms with Crippen LogP contribution in [0.1, 0.15) is 0 Å². The molecule has 0 fully saturated rings. The molecule has 0 amide bonds. The first-order valence-corrected chi connectivity index (χ1v) is 6.33. The van der Waals surface area contributed by atoms with Crippen LogP contribution in [0.3, 0.4) is 0 Å². The number of halogens is 4. The van der Waals surface area contributed by atoms with E-state index in [-0.39, 0.29) is 0 Å². The van der Waals surface area contributed by atoms with Crippen molar-refractivity contribution in [2.75, 3.05) is 17.7 Å². The Bertz CT molecular complexity index is 343. The van der Waals surface area contributed by atoms with Gasteiger partial charge in [-0.05, 0) is 12.1 Å². The van der Waals surface area contributed by atoms with E-state index >= 15 is 0 Å². The van der Waals surface area contributed by atoms with Crippen LogP contribution in [-0.4, -0.2) is 12.4 Å². The van der Waals surface area contributed by atoms with Crippen molar-refractivity contribution in [3.05, 3.63) is 38.8 Å². The minimum atomic E-state index is 0.503. The molecular formula is C10H9BrCl3N. The molecule has 1 aromatic rings. The molecule has 0 heterocycles. The number of benzene rings is 1. The molecule has 0 saturated heterocycles. The van der Waals surface area contributed by atoms with Crippen molar-refractivity contribution >= 4 is 56.4 Å². The monoisotopic (exact) mass is 327 g/mol. The van der Waals surface area contributed by atoms with Gasteiger partial charge in [0, 0.05) is 16.9 Å². The van der Waals surface area contributed by atoms with Gasteiger partial charge in [0.1, 0.15) is 0 Å². The summed E-state index contributed by atoms with van der Waals surface area (Å²) in [6.07, 6.45) is 3.77. The predicted molar refractivity (Wildman–Crippen MR) is 72.5 cm³/mol. The van der Waals surface area contributed by atoms with Gasteiger partial charge >= 0.3 is 0 Å². The van der Waals surface area contributed by atoms with Gasteiger partial charge in [0.15, 0.2) is 0 Å². The average Bonchev–Trinajstić information content (AvgIpc) is 2.15. The highest BCUT2D eigenvalue weighted by molar-refractivity contribution is 9.10. The fourth-order valence-corrected chi connectivity index (χ4v) is 2.49.